The van der Waals surface area contributed by atoms with Crippen molar-refractivity contribution in [2.24, 2.45) is 11.8 Å². The maximum absolute atomic E-state index is 13.0. The van der Waals surface area contributed by atoms with Gasteiger partial charge in [-0.15, -0.1) is 5.10 Å². The van der Waals surface area contributed by atoms with Crippen LogP contribution in [0.4, 0.5) is 5.69 Å². The standard InChI is InChI=1S/C27H39ClN4O3.C2H6/c1-16(2)12-18(4)13-19(5)26-27(20-7-8-20)32(31-30-26)21(9-11-25(34)35)15-24(33)29-23-10-6-17(3)14-22(23)28;1-2/h6,10,14,16,18-21H,7-9,11-13,15H2,1-5H3,(H,29,33)(H,34,35);1-2H3/t18?,19?,21-;/m0./s1. The Morgan fingerprint density at radius 1 is 1.16 bits per heavy atom. The second-order valence-corrected chi connectivity index (χ2v) is 11.2. The van der Waals surface area contributed by atoms with E-state index in [4.69, 9.17) is 11.6 Å². The summed E-state index contributed by atoms with van der Waals surface area (Å²) in [5.41, 5.74) is 3.65. The summed E-state index contributed by atoms with van der Waals surface area (Å²) < 4.78 is 1.86. The van der Waals surface area contributed by atoms with Gasteiger partial charge in [0, 0.05) is 24.7 Å². The first-order valence-corrected chi connectivity index (χ1v) is 14.2. The number of halogens is 1. The third-order valence-corrected chi connectivity index (χ3v) is 6.99. The number of hydrogen-bond acceptors (Lipinski definition) is 4. The number of hydrogen-bond donors (Lipinski definition) is 2. The molecule has 0 radical (unpaired) electrons. The van der Waals surface area contributed by atoms with Crippen LogP contribution < -0.4 is 5.32 Å². The van der Waals surface area contributed by atoms with Crippen molar-refractivity contribution in [2.45, 2.75) is 111 Å². The molecule has 0 aliphatic heterocycles. The molecule has 0 saturated heterocycles. The zero-order valence-electron chi connectivity index (χ0n) is 23.6. The number of carbonyl (C=O) groups is 2. The molecule has 3 atom stereocenters. The lowest BCUT2D eigenvalue weighted by Gasteiger charge is -2.21. The highest BCUT2D eigenvalue weighted by Gasteiger charge is 2.35. The minimum atomic E-state index is -0.888. The predicted molar refractivity (Wildman–Crippen MR) is 150 cm³/mol. The number of aryl methyl sites for hydroxylation is 1. The molecule has 1 aliphatic carbocycles. The van der Waals surface area contributed by atoms with Crippen LogP contribution in [0.2, 0.25) is 5.02 Å². The summed E-state index contributed by atoms with van der Waals surface area (Å²) in [6.07, 6.45) is 4.73. The van der Waals surface area contributed by atoms with Crippen molar-refractivity contribution >= 4 is 29.2 Å². The summed E-state index contributed by atoms with van der Waals surface area (Å²) in [4.78, 5) is 24.4. The number of aromatic nitrogens is 3. The SMILES string of the molecule is CC.Cc1ccc(NC(=O)C[C@H](CCC(=O)O)n2nnc(C(C)CC(C)CC(C)C)c2C2CC2)c(Cl)c1. The number of carboxylic acid groups (broad SMARTS) is 1. The Balaban J connectivity index is 0.00000235. The Bertz CT molecular complexity index is 1030. The first-order chi connectivity index (χ1) is 17.5. The summed E-state index contributed by atoms with van der Waals surface area (Å²) in [7, 11) is 0. The van der Waals surface area contributed by atoms with Crippen LogP contribution >= 0.6 is 11.6 Å². The smallest absolute Gasteiger partial charge is 0.303 e. The van der Waals surface area contributed by atoms with Gasteiger partial charge in [-0.3, -0.25) is 9.59 Å². The minimum absolute atomic E-state index is 0.0382. The number of nitrogens with zero attached hydrogens (tertiary/aromatic N) is 3. The quantitative estimate of drug-likeness (QED) is 0.275. The molecule has 1 aromatic carbocycles. The second kappa shape index (κ2) is 14.5. The fourth-order valence-corrected chi connectivity index (χ4v) is 5.32. The fourth-order valence-electron chi connectivity index (χ4n) is 5.04. The van der Waals surface area contributed by atoms with E-state index in [0.29, 0.717) is 34.9 Å². The van der Waals surface area contributed by atoms with Crippen molar-refractivity contribution in [1.82, 2.24) is 15.0 Å². The maximum Gasteiger partial charge on any atom is 0.303 e. The van der Waals surface area contributed by atoms with Gasteiger partial charge < -0.3 is 10.4 Å². The molecule has 0 spiro atoms. The van der Waals surface area contributed by atoms with Gasteiger partial charge in [-0.25, -0.2) is 4.68 Å². The lowest BCUT2D eigenvalue weighted by Crippen LogP contribution is -2.23. The van der Waals surface area contributed by atoms with Gasteiger partial charge in [-0.2, -0.15) is 0 Å². The van der Waals surface area contributed by atoms with Gasteiger partial charge in [-0.1, -0.05) is 64.4 Å². The molecule has 3 rings (SSSR count). The monoisotopic (exact) mass is 532 g/mol. The molecule has 2 unspecified atom stereocenters. The fraction of sp³-hybridized carbons (Fsp3) is 0.655. The van der Waals surface area contributed by atoms with Crippen LogP contribution in [-0.4, -0.2) is 32.0 Å². The van der Waals surface area contributed by atoms with Crippen LogP contribution in [-0.2, 0) is 9.59 Å². The normalized spacial score (nSPS) is 15.5. The molecular formula is C29H45ClN4O3. The highest BCUT2D eigenvalue weighted by Crippen LogP contribution is 2.45. The van der Waals surface area contributed by atoms with Crippen LogP contribution in [0.3, 0.4) is 0 Å². The zero-order valence-corrected chi connectivity index (χ0v) is 24.3. The van der Waals surface area contributed by atoms with Gasteiger partial charge >= 0.3 is 5.97 Å². The topological polar surface area (TPSA) is 97.1 Å². The maximum atomic E-state index is 13.0. The van der Waals surface area contributed by atoms with Crippen LogP contribution in [0.25, 0.3) is 0 Å². The number of nitrogens with one attached hydrogen (secondary N) is 1. The van der Waals surface area contributed by atoms with E-state index in [1.165, 1.54) is 6.42 Å². The van der Waals surface area contributed by atoms with Gasteiger partial charge in [-0.05, 0) is 68.6 Å². The van der Waals surface area contributed by atoms with Crippen molar-refractivity contribution < 1.29 is 14.7 Å². The molecule has 1 aromatic heterocycles. The Kier molecular flexibility index (Phi) is 12.1. The summed E-state index contributed by atoms with van der Waals surface area (Å²) in [6, 6.07) is 5.09. The van der Waals surface area contributed by atoms with Crippen molar-refractivity contribution in [3.8, 4) is 0 Å². The Morgan fingerprint density at radius 3 is 2.41 bits per heavy atom. The van der Waals surface area contributed by atoms with Gasteiger partial charge in [0.1, 0.15) is 0 Å². The number of rotatable bonds is 13. The Morgan fingerprint density at radius 2 is 1.84 bits per heavy atom. The van der Waals surface area contributed by atoms with Crippen molar-refractivity contribution in [3.05, 3.63) is 40.2 Å². The average Bonchev–Trinajstić information content (AvgIpc) is 3.56. The molecule has 2 N–H and O–H groups in total. The number of amides is 1. The van der Waals surface area contributed by atoms with Crippen molar-refractivity contribution in [3.63, 3.8) is 0 Å². The molecule has 2 aromatic rings. The van der Waals surface area contributed by atoms with Crippen LogP contribution in [0.5, 0.6) is 0 Å². The van der Waals surface area contributed by atoms with E-state index < -0.39 is 5.97 Å². The molecule has 1 fully saturated rings. The number of carboxylic acids is 1. The summed E-state index contributed by atoms with van der Waals surface area (Å²) in [6.45, 7) is 14.9. The largest absolute Gasteiger partial charge is 0.481 e. The third-order valence-electron chi connectivity index (χ3n) is 6.68. The molecule has 1 amide bonds. The van der Waals surface area contributed by atoms with Gasteiger partial charge in [0.2, 0.25) is 5.91 Å². The molecule has 1 saturated carbocycles. The predicted octanol–water partition coefficient (Wildman–Crippen LogP) is 7.75. The van der Waals surface area contributed by atoms with Crippen molar-refractivity contribution in [1.29, 1.82) is 0 Å². The van der Waals surface area contributed by atoms with Crippen LogP contribution in [0.15, 0.2) is 18.2 Å². The first kappa shape index (κ1) is 30.8. The van der Waals surface area contributed by atoms with Crippen LogP contribution in [0.1, 0.15) is 121 Å². The lowest BCUT2D eigenvalue weighted by molar-refractivity contribution is -0.137. The van der Waals surface area contributed by atoms with Crippen molar-refractivity contribution in [2.75, 3.05) is 5.32 Å². The molecule has 37 heavy (non-hydrogen) atoms. The molecule has 7 nitrogen and oxygen atoms in total. The summed E-state index contributed by atoms with van der Waals surface area (Å²) in [5.74, 6) is 0.759. The molecule has 1 aliphatic rings. The van der Waals surface area contributed by atoms with E-state index in [1.807, 2.05) is 31.5 Å². The highest BCUT2D eigenvalue weighted by atomic mass is 35.5. The first-order valence-electron chi connectivity index (χ1n) is 13.8. The molecular weight excluding hydrogens is 488 g/mol. The van der Waals surface area contributed by atoms with E-state index in [9.17, 15) is 14.7 Å². The van der Waals surface area contributed by atoms with E-state index in [2.05, 4.69) is 43.3 Å². The highest BCUT2D eigenvalue weighted by molar-refractivity contribution is 6.33. The lowest BCUT2D eigenvalue weighted by atomic mass is 9.88. The van der Waals surface area contributed by atoms with Gasteiger partial charge in [0.05, 0.1) is 28.1 Å². The number of benzene rings is 1. The van der Waals surface area contributed by atoms with Gasteiger partial charge in [0.15, 0.2) is 0 Å². The van der Waals surface area contributed by atoms with E-state index in [-0.39, 0.29) is 30.7 Å². The number of carbonyl (C=O) groups excluding carboxylic acids is 1. The van der Waals surface area contributed by atoms with E-state index in [0.717, 1.165) is 36.2 Å². The van der Waals surface area contributed by atoms with Crippen LogP contribution in [0, 0.1) is 18.8 Å². The van der Waals surface area contributed by atoms with E-state index >= 15 is 0 Å². The molecule has 1 heterocycles. The Hall–Kier alpha value is -2.41. The third kappa shape index (κ3) is 9.44. The minimum Gasteiger partial charge on any atom is -0.481 e. The Labute approximate surface area is 227 Å². The molecule has 8 heteroatoms. The average molecular weight is 533 g/mol. The zero-order chi connectivity index (χ0) is 27.7. The second-order valence-electron chi connectivity index (χ2n) is 10.8. The molecule has 0 bridgehead atoms. The number of aliphatic carboxylic acids is 1. The number of anilines is 1. The van der Waals surface area contributed by atoms with Gasteiger partial charge in [0.25, 0.3) is 0 Å². The molecule has 206 valence electrons. The van der Waals surface area contributed by atoms with E-state index in [1.54, 1.807) is 12.1 Å². The summed E-state index contributed by atoms with van der Waals surface area (Å²) >= 11 is 6.30. The summed E-state index contributed by atoms with van der Waals surface area (Å²) in [5, 5.41) is 21.8.